The molecular weight excluding hydrogens is 435 g/mol. The Morgan fingerprint density at radius 1 is 1.25 bits per heavy atom. The summed E-state index contributed by atoms with van der Waals surface area (Å²) in [7, 11) is 0. The number of amides is 1. The first kappa shape index (κ1) is 19.9. The fourth-order valence-electron chi connectivity index (χ4n) is 3.52. The van der Waals surface area contributed by atoms with E-state index in [1.807, 2.05) is 0 Å². The number of carboxylic acids is 1. The van der Waals surface area contributed by atoms with Crippen LogP contribution in [0.1, 0.15) is 39.9 Å². The second kappa shape index (κ2) is 8.05. The zero-order valence-corrected chi connectivity index (χ0v) is 16.1. The number of fused-ring (bicyclic) bond motifs is 1. The van der Waals surface area contributed by atoms with Crippen LogP contribution >= 0.6 is 15.9 Å². The third kappa shape index (κ3) is 3.62. The lowest BCUT2D eigenvalue weighted by Crippen LogP contribution is -2.45. The Morgan fingerprint density at radius 2 is 1.93 bits per heavy atom. The summed E-state index contributed by atoms with van der Waals surface area (Å²) in [5, 5.41) is 21.6. The fourth-order valence-corrected chi connectivity index (χ4v) is 3.77. The van der Waals surface area contributed by atoms with Crippen LogP contribution < -0.4 is 0 Å². The molecule has 146 valence electrons. The topological polar surface area (TPSA) is 101 Å². The number of aliphatic carboxylic acids is 1. The van der Waals surface area contributed by atoms with E-state index in [1.165, 1.54) is 41.3 Å². The van der Waals surface area contributed by atoms with Crippen LogP contribution in [0.4, 0.5) is 10.1 Å². The van der Waals surface area contributed by atoms with Crippen LogP contribution in [0.25, 0.3) is 0 Å². The maximum atomic E-state index is 13.4. The number of carboxylic acid groups (broad SMARTS) is 1. The molecule has 1 aliphatic rings. The lowest BCUT2D eigenvalue weighted by molar-refractivity contribution is -0.384. The van der Waals surface area contributed by atoms with E-state index in [0.717, 1.165) is 6.07 Å². The Labute approximate surface area is 168 Å². The van der Waals surface area contributed by atoms with Crippen LogP contribution in [-0.2, 0) is 4.79 Å². The zero-order valence-electron chi connectivity index (χ0n) is 14.5. The summed E-state index contributed by atoms with van der Waals surface area (Å²) in [6.45, 7) is 0.248. The lowest BCUT2D eigenvalue weighted by Gasteiger charge is -2.40. The van der Waals surface area contributed by atoms with Crippen LogP contribution in [0.15, 0.2) is 42.5 Å². The van der Waals surface area contributed by atoms with E-state index in [9.17, 15) is 29.2 Å². The number of alkyl halides is 1. The van der Waals surface area contributed by atoms with Crippen molar-refractivity contribution in [2.24, 2.45) is 0 Å². The van der Waals surface area contributed by atoms with Gasteiger partial charge in [0.1, 0.15) is 11.7 Å². The minimum Gasteiger partial charge on any atom is -0.481 e. The summed E-state index contributed by atoms with van der Waals surface area (Å²) in [6.07, 6.45) is 0.556. The first-order valence-electron chi connectivity index (χ1n) is 8.48. The summed E-state index contributed by atoms with van der Waals surface area (Å²) < 4.78 is 13.4. The van der Waals surface area contributed by atoms with Gasteiger partial charge < -0.3 is 10.0 Å². The van der Waals surface area contributed by atoms with Crippen molar-refractivity contribution in [2.45, 2.75) is 18.4 Å². The summed E-state index contributed by atoms with van der Waals surface area (Å²) >= 11 is 3.30. The maximum Gasteiger partial charge on any atom is 0.313 e. The Hall–Kier alpha value is -2.81. The third-order valence-electron chi connectivity index (χ3n) is 4.74. The average molecular weight is 451 g/mol. The van der Waals surface area contributed by atoms with Gasteiger partial charge in [0, 0.05) is 24.0 Å². The number of nitrogens with zero attached hydrogens (tertiary/aromatic N) is 2. The normalized spacial score (nSPS) is 18.6. The van der Waals surface area contributed by atoms with Crippen LogP contribution in [0, 0.1) is 15.9 Å². The molecule has 1 aliphatic heterocycles. The van der Waals surface area contributed by atoms with Crippen molar-refractivity contribution >= 4 is 33.5 Å². The second-order valence-electron chi connectivity index (χ2n) is 6.38. The molecular formula is C19H16BrFN2O5. The van der Waals surface area contributed by atoms with Crippen LogP contribution in [-0.4, -0.2) is 38.7 Å². The minimum absolute atomic E-state index is 0.00883. The average Bonchev–Trinajstić information content (AvgIpc) is 2.67. The first-order valence-corrected chi connectivity index (χ1v) is 9.61. The monoisotopic (exact) mass is 450 g/mol. The molecule has 0 unspecified atom stereocenters. The van der Waals surface area contributed by atoms with E-state index >= 15 is 0 Å². The molecule has 0 aromatic heterocycles. The second-order valence-corrected chi connectivity index (χ2v) is 7.18. The van der Waals surface area contributed by atoms with E-state index in [1.54, 1.807) is 0 Å². The summed E-state index contributed by atoms with van der Waals surface area (Å²) in [4.78, 5) is 37.2. The van der Waals surface area contributed by atoms with Gasteiger partial charge in [-0.15, -0.1) is 0 Å². The molecule has 0 saturated heterocycles. The van der Waals surface area contributed by atoms with Crippen LogP contribution in [0.5, 0.6) is 0 Å². The highest BCUT2D eigenvalue weighted by molar-refractivity contribution is 9.09. The molecule has 2 atom stereocenters. The number of nitro groups is 1. The summed E-state index contributed by atoms with van der Waals surface area (Å²) in [5.41, 5.74) is 0.430. The Bertz CT molecular complexity index is 934. The van der Waals surface area contributed by atoms with Gasteiger partial charge >= 0.3 is 5.97 Å². The third-order valence-corrected chi connectivity index (χ3v) is 5.30. The van der Waals surface area contributed by atoms with Crippen molar-refractivity contribution < 1.29 is 24.0 Å². The molecule has 0 radical (unpaired) electrons. The van der Waals surface area contributed by atoms with E-state index in [0.29, 0.717) is 17.3 Å². The molecule has 1 heterocycles. The molecule has 2 aromatic rings. The number of hydrogen-bond acceptors (Lipinski definition) is 4. The van der Waals surface area contributed by atoms with E-state index in [2.05, 4.69) is 15.9 Å². The molecule has 0 fully saturated rings. The molecule has 0 spiro atoms. The number of carbonyl (C=O) groups excluding carboxylic acids is 1. The standard InChI is InChI=1S/C19H16BrFN2O5/c20-8-1-9-22-17(11-2-4-12(21)5-3-11)16(19(25)26)14-7-6-13(23(27)28)10-15(14)18(22)24/h2-7,10,16-17H,1,8-9H2,(H,25,26)/t16-,17-/m1/s1. The molecule has 1 amide bonds. The first-order chi connectivity index (χ1) is 13.3. The molecule has 0 saturated carbocycles. The number of rotatable bonds is 6. The van der Waals surface area contributed by atoms with Crippen LogP contribution in [0.2, 0.25) is 0 Å². The zero-order chi connectivity index (χ0) is 20.4. The van der Waals surface area contributed by atoms with Gasteiger partial charge in [0.25, 0.3) is 11.6 Å². The SMILES string of the molecule is O=C(O)[C@@H]1c2ccc([N+](=O)[O-])cc2C(=O)N(CCCBr)[C@@H]1c1ccc(F)cc1. The Morgan fingerprint density at radius 3 is 2.50 bits per heavy atom. The maximum absolute atomic E-state index is 13.4. The molecule has 2 aromatic carbocycles. The summed E-state index contributed by atoms with van der Waals surface area (Å²) in [6, 6.07) is 8.13. The predicted octanol–water partition coefficient (Wildman–Crippen LogP) is 3.88. The molecule has 1 N–H and O–H groups in total. The minimum atomic E-state index is -1.17. The summed E-state index contributed by atoms with van der Waals surface area (Å²) in [5.74, 6) is -3.25. The van der Waals surface area contributed by atoms with E-state index < -0.39 is 34.6 Å². The van der Waals surface area contributed by atoms with Gasteiger partial charge in [0.05, 0.1) is 16.5 Å². The predicted molar refractivity (Wildman–Crippen MR) is 102 cm³/mol. The Balaban J connectivity index is 2.20. The van der Waals surface area contributed by atoms with Gasteiger partial charge in [-0.2, -0.15) is 0 Å². The highest BCUT2D eigenvalue weighted by Gasteiger charge is 2.44. The molecule has 3 rings (SSSR count). The molecule has 28 heavy (non-hydrogen) atoms. The van der Waals surface area contributed by atoms with Crippen molar-refractivity contribution in [3.05, 3.63) is 75.1 Å². The van der Waals surface area contributed by atoms with Gasteiger partial charge in [-0.1, -0.05) is 34.1 Å². The van der Waals surface area contributed by atoms with Crippen molar-refractivity contribution in [3.63, 3.8) is 0 Å². The molecule has 0 bridgehead atoms. The number of halogens is 2. The van der Waals surface area contributed by atoms with Crippen LogP contribution in [0.3, 0.4) is 0 Å². The van der Waals surface area contributed by atoms with Crippen molar-refractivity contribution in [1.82, 2.24) is 4.90 Å². The van der Waals surface area contributed by atoms with Crippen molar-refractivity contribution in [2.75, 3.05) is 11.9 Å². The molecule has 7 nitrogen and oxygen atoms in total. The molecule has 9 heteroatoms. The lowest BCUT2D eigenvalue weighted by atomic mass is 9.79. The van der Waals surface area contributed by atoms with Gasteiger partial charge in [0.15, 0.2) is 0 Å². The number of carbonyl (C=O) groups is 2. The van der Waals surface area contributed by atoms with Gasteiger partial charge in [-0.3, -0.25) is 19.7 Å². The largest absolute Gasteiger partial charge is 0.481 e. The van der Waals surface area contributed by atoms with E-state index in [-0.39, 0.29) is 23.4 Å². The molecule has 0 aliphatic carbocycles. The Kier molecular flexibility index (Phi) is 5.73. The van der Waals surface area contributed by atoms with Gasteiger partial charge in [0.2, 0.25) is 0 Å². The highest BCUT2D eigenvalue weighted by atomic mass is 79.9. The highest BCUT2D eigenvalue weighted by Crippen LogP contribution is 2.43. The van der Waals surface area contributed by atoms with E-state index in [4.69, 9.17) is 0 Å². The van der Waals surface area contributed by atoms with Crippen molar-refractivity contribution in [3.8, 4) is 0 Å². The smallest absolute Gasteiger partial charge is 0.313 e. The van der Waals surface area contributed by atoms with Gasteiger partial charge in [-0.25, -0.2) is 4.39 Å². The van der Waals surface area contributed by atoms with Gasteiger partial charge in [-0.05, 0) is 29.7 Å². The van der Waals surface area contributed by atoms with Crippen molar-refractivity contribution in [1.29, 1.82) is 0 Å². The fraction of sp³-hybridized carbons (Fsp3) is 0.263. The number of non-ortho nitro benzene ring substituents is 1. The number of benzene rings is 2. The number of hydrogen-bond donors (Lipinski definition) is 1. The number of nitro benzene ring substituents is 1. The quantitative estimate of drug-likeness (QED) is 0.408.